The zero-order chi connectivity index (χ0) is 15.5. The van der Waals surface area contributed by atoms with E-state index in [4.69, 9.17) is 0 Å². The number of carbonyl (C=O) groups excluding carboxylic acids is 1. The summed E-state index contributed by atoms with van der Waals surface area (Å²) in [5.41, 5.74) is 3.49. The number of anilines is 2. The highest BCUT2D eigenvalue weighted by Gasteiger charge is 2.08. The van der Waals surface area contributed by atoms with Gasteiger partial charge in [0.2, 0.25) is 5.91 Å². The van der Waals surface area contributed by atoms with Gasteiger partial charge in [-0.15, -0.1) is 0 Å². The van der Waals surface area contributed by atoms with Gasteiger partial charge in [0.05, 0.1) is 12.1 Å². The number of fused-ring (bicyclic) bond motifs is 1. The number of hydrogen-bond acceptors (Lipinski definition) is 3. The second-order valence-corrected chi connectivity index (χ2v) is 5.36. The SMILES string of the molecule is CN(C)c1ccc(NC(=O)Cc2cn3ccccc3n2)cc1. The minimum atomic E-state index is -0.0685. The maximum Gasteiger partial charge on any atom is 0.230 e. The fourth-order valence-corrected chi connectivity index (χ4v) is 2.28. The van der Waals surface area contributed by atoms with Crippen LogP contribution < -0.4 is 10.2 Å². The highest BCUT2D eigenvalue weighted by molar-refractivity contribution is 5.92. The number of pyridine rings is 1. The molecule has 112 valence electrons. The second kappa shape index (κ2) is 5.89. The van der Waals surface area contributed by atoms with E-state index in [9.17, 15) is 4.79 Å². The lowest BCUT2D eigenvalue weighted by atomic mass is 10.2. The number of benzene rings is 1. The predicted octanol–water partition coefficient (Wildman–Crippen LogP) is 2.58. The smallest absolute Gasteiger partial charge is 0.230 e. The predicted molar refractivity (Wildman–Crippen MR) is 88.3 cm³/mol. The summed E-state index contributed by atoms with van der Waals surface area (Å²) < 4.78 is 1.91. The Kier molecular flexibility index (Phi) is 3.78. The highest BCUT2D eigenvalue weighted by Crippen LogP contribution is 2.16. The first-order valence-electron chi connectivity index (χ1n) is 7.12. The summed E-state index contributed by atoms with van der Waals surface area (Å²) in [6.07, 6.45) is 4.06. The van der Waals surface area contributed by atoms with Crippen LogP contribution in [-0.2, 0) is 11.2 Å². The molecule has 1 aromatic carbocycles. The Morgan fingerprint density at radius 1 is 1.18 bits per heavy atom. The van der Waals surface area contributed by atoms with Gasteiger partial charge in [0, 0.05) is 37.9 Å². The van der Waals surface area contributed by atoms with Crippen molar-refractivity contribution in [2.45, 2.75) is 6.42 Å². The third-order valence-corrected chi connectivity index (χ3v) is 3.42. The zero-order valence-electron chi connectivity index (χ0n) is 12.7. The maximum absolute atomic E-state index is 12.1. The third kappa shape index (κ3) is 3.09. The van der Waals surface area contributed by atoms with E-state index in [-0.39, 0.29) is 12.3 Å². The van der Waals surface area contributed by atoms with Gasteiger partial charge in [-0.1, -0.05) is 6.07 Å². The van der Waals surface area contributed by atoms with Crippen LogP contribution in [0.1, 0.15) is 5.69 Å². The fourth-order valence-electron chi connectivity index (χ4n) is 2.28. The van der Waals surface area contributed by atoms with Gasteiger partial charge in [0.15, 0.2) is 0 Å². The second-order valence-electron chi connectivity index (χ2n) is 5.36. The van der Waals surface area contributed by atoms with Crippen LogP contribution in [0.3, 0.4) is 0 Å². The first kappa shape index (κ1) is 14.1. The van der Waals surface area contributed by atoms with Gasteiger partial charge in [-0.2, -0.15) is 0 Å². The van der Waals surface area contributed by atoms with Crippen LogP contribution in [0.25, 0.3) is 5.65 Å². The molecule has 0 fully saturated rings. The number of amides is 1. The average molecular weight is 294 g/mol. The van der Waals surface area contributed by atoms with E-state index >= 15 is 0 Å². The fraction of sp³-hybridized carbons (Fsp3) is 0.176. The Labute approximate surface area is 129 Å². The van der Waals surface area contributed by atoms with Crippen molar-refractivity contribution in [3.63, 3.8) is 0 Å². The van der Waals surface area contributed by atoms with Gasteiger partial charge < -0.3 is 14.6 Å². The number of rotatable bonds is 4. The summed E-state index contributed by atoms with van der Waals surface area (Å²) in [5.74, 6) is -0.0685. The van der Waals surface area contributed by atoms with Crippen LogP contribution in [0, 0.1) is 0 Å². The Balaban J connectivity index is 1.66. The molecule has 3 rings (SSSR count). The minimum absolute atomic E-state index is 0.0685. The van der Waals surface area contributed by atoms with E-state index in [1.54, 1.807) is 0 Å². The zero-order valence-corrected chi connectivity index (χ0v) is 12.7. The Bertz CT molecular complexity index is 757. The molecule has 1 N–H and O–H groups in total. The number of imidazole rings is 1. The molecule has 2 aromatic heterocycles. The normalized spacial score (nSPS) is 10.6. The molecule has 0 aliphatic heterocycles. The monoisotopic (exact) mass is 294 g/mol. The van der Waals surface area contributed by atoms with Crippen molar-refractivity contribution in [3.8, 4) is 0 Å². The van der Waals surface area contributed by atoms with Crippen LogP contribution in [-0.4, -0.2) is 29.4 Å². The largest absolute Gasteiger partial charge is 0.378 e. The first-order chi connectivity index (χ1) is 10.6. The van der Waals surface area contributed by atoms with E-state index in [0.717, 1.165) is 22.7 Å². The summed E-state index contributed by atoms with van der Waals surface area (Å²) in [4.78, 5) is 18.5. The van der Waals surface area contributed by atoms with Crippen LogP contribution in [0.5, 0.6) is 0 Å². The van der Waals surface area contributed by atoms with E-state index in [2.05, 4.69) is 10.3 Å². The summed E-state index contributed by atoms with van der Waals surface area (Å²) >= 11 is 0. The van der Waals surface area contributed by atoms with Crippen molar-refractivity contribution in [1.29, 1.82) is 0 Å². The first-order valence-corrected chi connectivity index (χ1v) is 7.12. The van der Waals surface area contributed by atoms with Crippen molar-refractivity contribution >= 4 is 22.9 Å². The van der Waals surface area contributed by atoms with Gasteiger partial charge in [-0.05, 0) is 36.4 Å². The van der Waals surface area contributed by atoms with Crippen molar-refractivity contribution in [2.24, 2.45) is 0 Å². The molecule has 0 saturated heterocycles. The molecular weight excluding hydrogens is 276 g/mol. The number of carbonyl (C=O) groups is 1. The van der Waals surface area contributed by atoms with Gasteiger partial charge >= 0.3 is 0 Å². The van der Waals surface area contributed by atoms with Crippen molar-refractivity contribution in [3.05, 3.63) is 60.6 Å². The summed E-state index contributed by atoms with van der Waals surface area (Å²) in [6.45, 7) is 0. The summed E-state index contributed by atoms with van der Waals surface area (Å²) in [5, 5.41) is 2.89. The molecule has 0 atom stereocenters. The summed E-state index contributed by atoms with van der Waals surface area (Å²) in [7, 11) is 3.97. The molecule has 2 heterocycles. The van der Waals surface area contributed by atoms with Crippen LogP contribution in [0.2, 0.25) is 0 Å². The highest BCUT2D eigenvalue weighted by atomic mass is 16.1. The van der Waals surface area contributed by atoms with Crippen LogP contribution in [0.4, 0.5) is 11.4 Å². The van der Waals surface area contributed by atoms with Crippen LogP contribution in [0.15, 0.2) is 54.9 Å². The molecule has 0 aliphatic carbocycles. The van der Waals surface area contributed by atoms with E-state index in [0.29, 0.717) is 0 Å². The molecule has 0 aliphatic rings. The molecule has 5 nitrogen and oxygen atoms in total. The number of hydrogen-bond donors (Lipinski definition) is 1. The lowest BCUT2D eigenvalue weighted by Crippen LogP contribution is -2.15. The minimum Gasteiger partial charge on any atom is -0.378 e. The van der Waals surface area contributed by atoms with Gasteiger partial charge in [0.1, 0.15) is 5.65 Å². The molecule has 0 spiro atoms. The van der Waals surface area contributed by atoms with Crippen molar-refractivity contribution in [2.75, 3.05) is 24.3 Å². The van der Waals surface area contributed by atoms with Gasteiger partial charge in [0.25, 0.3) is 0 Å². The number of aromatic nitrogens is 2. The quantitative estimate of drug-likeness (QED) is 0.804. The van der Waals surface area contributed by atoms with Crippen molar-refractivity contribution in [1.82, 2.24) is 9.38 Å². The molecule has 0 saturated carbocycles. The summed E-state index contributed by atoms with van der Waals surface area (Å²) in [6, 6.07) is 13.5. The Morgan fingerprint density at radius 2 is 1.95 bits per heavy atom. The molecule has 0 radical (unpaired) electrons. The van der Waals surface area contributed by atoms with Crippen LogP contribution >= 0.6 is 0 Å². The Hall–Kier alpha value is -2.82. The van der Waals surface area contributed by atoms with Crippen molar-refractivity contribution < 1.29 is 4.79 Å². The van der Waals surface area contributed by atoms with Gasteiger partial charge in [-0.3, -0.25) is 4.79 Å². The lowest BCUT2D eigenvalue weighted by Gasteiger charge is -2.12. The third-order valence-electron chi connectivity index (χ3n) is 3.42. The topological polar surface area (TPSA) is 49.6 Å². The maximum atomic E-state index is 12.1. The number of nitrogens with one attached hydrogen (secondary N) is 1. The van der Waals surface area contributed by atoms with E-state index < -0.39 is 0 Å². The number of nitrogens with zero attached hydrogens (tertiary/aromatic N) is 3. The average Bonchev–Trinajstić information content (AvgIpc) is 2.89. The van der Waals surface area contributed by atoms with Gasteiger partial charge in [-0.25, -0.2) is 4.98 Å². The van der Waals surface area contributed by atoms with E-state index in [1.807, 2.05) is 78.3 Å². The Morgan fingerprint density at radius 3 is 2.64 bits per heavy atom. The molecule has 1 amide bonds. The molecule has 5 heteroatoms. The van der Waals surface area contributed by atoms with E-state index in [1.165, 1.54) is 0 Å². The molecule has 0 bridgehead atoms. The molecule has 0 unspecified atom stereocenters. The molecule has 3 aromatic rings. The molecule has 22 heavy (non-hydrogen) atoms. The lowest BCUT2D eigenvalue weighted by molar-refractivity contribution is -0.115. The molecular formula is C17H18N4O. The standard InChI is InChI=1S/C17H18N4O/c1-20(2)15-8-6-13(7-9-15)19-17(22)11-14-12-21-10-4-3-5-16(21)18-14/h3-10,12H,11H2,1-2H3,(H,19,22).